The molecule has 1 aliphatic rings. The van der Waals surface area contributed by atoms with E-state index in [1.165, 1.54) is 19.4 Å². The number of hydrogen-bond donors (Lipinski definition) is 9. The number of aryl methyl sites for hydroxylation is 1. The van der Waals surface area contributed by atoms with Gasteiger partial charge in [-0.05, 0) is 49.1 Å². The first kappa shape index (κ1) is 43.0. The van der Waals surface area contributed by atoms with Crippen molar-refractivity contribution in [2.75, 3.05) is 26.7 Å². The SMILES string of the molecule is CCC1NC(=O)CNC(=O)C(Cc2c[nH]c3cccc(C)c23)NC(=O)C(Cc2c[nH]c3ccccc23)NC(=O)c2csc(n2)C(CO)NC(=O)CN(C)C(=O)C(C)NC1=O. The Kier molecular flexibility index (Phi) is 13.6. The Labute approximate surface area is 348 Å². The molecule has 2 bridgehead atoms. The number of likely N-dealkylation sites (N-methyl/N-ethyl adjacent to an activating group) is 1. The molecule has 316 valence electrons. The normalized spacial score (nSPS) is 22.1. The molecule has 1 aliphatic heterocycles. The lowest BCUT2D eigenvalue weighted by Gasteiger charge is -2.25. The fourth-order valence-corrected chi connectivity index (χ4v) is 7.98. The molecule has 4 heterocycles. The molecule has 3 aromatic heterocycles. The molecule has 9 N–H and O–H groups in total. The lowest BCUT2D eigenvalue weighted by atomic mass is 10.00. The summed E-state index contributed by atoms with van der Waals surface area (Å²) in [7, 11) is 1.37. The van der Waals surface area contributed by atoms with Crippen molar-refractivity contribution in [3.8, 4) is 0 Å². The van der Waals surface area contributed by atoms with Gasteiger partial charge in [-0.1, -0.05) is 37.3 Å². The van der Waals surface area contributed by atoms with E-state index in [1.54, 1.807) is 19.3 Å². The van der Waals surface area contributed by atoms with Gasteiger partial charge in [0.1, 0.15) is 40.9 Å². The Balaban J connectivity index is 1.35. The van der Waals surface area contributed by atoms with Crippen LogP contribution in [0.15, 0.2) is 60.2 Å². The van der Waals surface area contributed by atoms with Gasteiger partial charge in [0.15, 0.2) is 0 Å². The average molecular weight is 841 g/mol. The van der Waals surface area contributed by atoms with Gasteiger partial charge in [-0.2, -0.15) is 0 Å². The van der Waals surface area contributed by atoms with Gasteiger partial charge in [-0.25, -0.2) is 4.98 Å². The van der Waals surface area contributed by atoms with Crippen molar-refractivity contribution >= 4 is 74.5 Å². The highest BCUT2D eigenvalue weighted by Gasteiger charge is 2.32. The summed E-state index contributed by atoms with van der Waals surface area (Å²) in [5.74, 6) is -4.74. The van der Waals surface area contributed by atoms with Crippen molar-refractivity contribution in [3.05, 3.63) is 87.6 Å². The number of carbonyl (C=O) groups is 7. The van der Waals surface area contributed by atoms with Crippen LogP contribution < -0.4 is 31.9 Å². The number of hydrogen-bond acceptors (Lipinski definition) is 10. The van der Waals surface area contributed by atoms with Crippen LogP contribution in [-0.2, 0) is 41.6 Å². The molecule has 6 rings (SSSR count). The van der Waals surface area contributed by atoms with E-state index < -0.39 is 91.3 Å². The van der Waals surface area contributed by atoms with E-state index in [9.17, 15) is 38.7 Å². The standard InChI is InChI=1S/C41H48N10O8S/c1-5-26-37(56)45-22(3)41(59)51(4)18-34(54)47-31(19-52)40-50-32(20-60-40)39(58)49-30(13-23-15-42-27-11-7-6-10-25(23)27)38(57)48-29(36(55)44-17-33(53)46-26)14-24-16-43-28-12-8-9-21(2)35(24)28/h6-12,15-16,20,22,26,29-31,42-43,52H,5,13-14,17-19H2,1-4H3,(H,44,55)(H,45,56)(H,46,53)(H,47,54)(H,48,57)(H,49,58). The van der Waals surface area contributed by atoms with Gasteiger partial charge in [0, 0.05) is 59.5 Å². The number of carbonyl (C=O) groups excluding carboxylic acids is 7. The van der Waals surface area contributed by atoms with Gasteiger partial charge < -0.3 is 51.9 Å². The molecule has 0 saturated carbocycles. The number of aromatic nitrogens is 3. The molecular weight excluding hydrogens is 793 g/mol. The van der Waals surface area contributed by atoms with Crippen molar-refractivity contribution in [3.63, 3.8) is 0 Å². The highest BCUT2D eigenvalue weighted by Crippen LogP contribution is 2.24. The second-order valence-electron chi connectivity index (χ2n) is 14.7. The summed E-state index contributed by atoms with van der Waals surface area (Å²) in [5.41, 5.74) is 3.90. The molecular formula is C41H48N10O8S. The molecule has 0 radical (unpaired) electrons. The second-order valence-corrected chi connectivity index (χ2v) is 15.6. The number of aliphatic hydroxyl groups excluding tert-OH is 1. The number of nitrogens with zero attached hydrogens (tertiary/aromatic N) is 2. The van der Waals surface area contributed by atoms with Crippen LogP contribution in [0, 0.1) is 6.92 Å². The van der Waals surface area contributed by atoms with Gasteiger partial charge in [0.25, 0.3) is 5.91 Å². The van der Waals surface area contributed by atoms with Crippen molar-refractivity contribution in [1.29, 1.82) is 0 Å². The molecule has 60 heavy (non-hydrogen) atoms. The smallest absolute Gasteiger partial charge is 0.271 e. The molecule has 7 amide bonds. The topological polar surface area (TPSA) is 260 Å². The Bertz CT molecular complexity index is 2420. The van der Waals surface area contributed by atoms with Crippen molar-refractivity contribution in [2.24, 2.45) is 0 Å². The molecule has 0 saturated heterocycles. The minimum Gasteiger partial charge on any atom is -0.394 e. The third kappa shape index (κ3) is 9.98. The lowest BCUT2D eigenvalue weighted by molar-refractivity contribution is -0.138. The molecule has 2 aromatic carbocycles. The average Bonchev–Trinajstić information content (AvgIpc) is 3.99. The first-order valence-corrected chi connectivity index (χ1v) is 20.3. The molecule has 0 aliphatic carbocycles. The summed E-state index contributed by atoms with van der Waals surface area (Å²) >= 11 is 0.998. The van der Waals surface area contributed by atoms with E-state index in [0.717, 1.165) is 49.2 Å². The van der Waals surface area contributed by atoms with Crippen LogP contribution in [0.3, 0.4) is 0 Å². The Morgan fingerprint density at radius 1 is 0.767 bits per heavy atom. The number of amides is 7. The quantitative estimate of drug-likeness (QED) is 0.116. The predicted molar refractivity (Wildman–Crippen MR) is 222 cm³/mol. The summed E-state index contributed by atoms with van der Waals surface area (Å²) < 4.78 is 0. The summed E-state index contributed by atoms with van der Waals surface area (Å²) in [4.78, 5) is 107. The maximum absolute atomic E-state index is 14.4. The second kappa shape index (κ2) is 19.0. The third-order valence-electron chi connectivity index (χ3n) is 10.3. The monoisotopic (exact) mass is 840 g/mol. The molecule has 5 unspecified atom stereocenters. The molecule has 5 aromatic rings. The van der Waals surface area contributed by atoms with E-state index in [0.29, 0.717) is 5.56 Å². The summed E-state index contributed by atoms with van der Waals surface area (Å²) in [5, 5.41) is 29.4. The first-order valence-electron chi connectivity index (χ1n) is 19.5. The largest absolute Gasteiger partial charge is 0.394 e. The Morgan fingerprint density at radius 3 is 2.20 bits per heavy atom. The van der Waals surface area contributed by atoms with Gasteiger partial charge >= 0.3 is 0 Å². The highest BCUT2D eigenvalue weighted by molar-refractivity contribution is 7.09. The van der Waals surface area contributed by atoms with Gasteiger partial charge in [-0.15, -0.1) is 11.3 Å². The van der Waals surface area contributed by atoms with E-state index in [1.807, 2.05) is 49.4 Å². The summed E-state index contributed by atoms with van der Waals surface area (Å²) in [6, 6.07) is 7.46. The molecule has 5 atom stereocenters. The van der Waals surface area contributed by atoms with E-state index in [-0.39, 0.29) is 30.0 Å². The zero-order chi connectivity index (χ0) is 43.1. The summed E-state index contributed by atoms with van der Waals surface area (Å²) in [6.45, 7) is 3.44. The zero-order valence-corrected chi connectivity index (χ0v) is 34.3. The number of thiazole rings is 1. The number of H-pyrrole nitrogens is 2. The maximum Gasteiger partial charge on any atom is 0.271 e. The third-order valence-corrected chi connectivity index (χ3v) is 11.3. The van der Waals surface area contributed by atoms with Crippen LogP contribution in [0.4, 0.5) is 0 Å². The number of para-hydroxylation sites is 1. The van der Waals surface area contributed by atoms with Crippen LogP contribution in [0.25, 0.3) is 21.8 Å². The number of rotatable bonds is 6. The first-order chi connectivity index (χ1) is 28.8. The lowest BCUT2D eigenvalue weighted by Crippen LogP contribution is -2.57. The number of aromatic amines is 2. The van der Waals surface area contributed by atoms with Crippen LogP contribution in [-0.4, -0.2) is 117 Å². The predicted octanol–water partition coefficient (Wildman–Crippen LogP) is 0.620. The number of aliphatic hydroxyl groups is 1. The highest BCUT2D eigenvalue weighted by atomic mass is 32.1. The van der Waals surface area contributed by atoms with Crippen LogP contribution in [0.2, 0.25) is 0 Å². The van der Waals surface area contributed by atoms with Crippen molar-refractivity contribution in [2.45, 2.75) is 70.2 Å². The minimum absolute atomic E-state index is 0.00185. The van der Waals surface area contributed by atoms with Crippen molar-refractivity contribution in [1.82, 2.24) is 51.8 Å². The molecule has 18 nitrogen and oxygen atoms in total. The van der Waals surface area contributed by atoms with E-state index in [4.69, 9.17) is 0 Å². The van der Waals surface area contributed by atoms with Gasteiger partial charge in [-0.3, -0.25) is 33.6 Å². The maximum atomic E-state index is 14.4. The minimum atomic E-state index is -1.25. The molecule has 0 fully saturated rings. The summed E-state index contributed by atoms with van der Waals surface area (Å²) in [6.07, 6.45) is 3.63. The Hall–Kier alpha value is -6.60. The number of fused-ring (bicyclic) bond motifs is 4. The molecule has 19 heteroatoms. The fraction of sp³-hybridized carbons (Fsp3) is 0.366. The fourth-order valence-electron chi connectivity index (χ4n) is 7.14. The van der Waals surface area contributed by atoms with Gasteiger partial charge in [0.2, 0.25) is 35.4 Å². The van der Waals surface area contributed by atoms with E-state index in [2.05, 4.69) is 46.9 Å². The van der Waals surface area contributed by atoms with Crippen LogP contribution >= 0.6 is 11.3 Å². The van der Waals surface area contributed by atoms with Crippen LogP contribution in [0.1, 0.15) is 58.5 Å². The molecule has 0 spiro atoms. The number of benzene rings is 2. The zero-order valence-electron chi connectivity index (χ0n) is 33.5. The Morgan fingerprint density at radius 2 is 1.43 bits per heavy atom. The van der Waals surface area contributed by atoms with Crippen molar-refractivity contribution < 1.29 is 38.7 Å². The van der Waals surface area contributed by atoms with Crippen LogP contribution in [0.5, 0.6) is 0 Å². The van der Waals surface area contributed by atoms with Gasteiger partial charge in [0.05, 0.1) is 19.7 Å². The van der Waals surface area contributed by atoms with E-state index >= 15 is 0 Å². The number of nitrogens with one attached hydrogen (secondary N) is 8.